The normalized spacial score (nSPS) is 11.1. The van der Waals surface area contributed by atoms with E-state index in [1.54, 1.807) is 30.3 Å². The number of carboxylic acid groups (broad SMARTS) is 2. The van der Waals surface area contributed by atoms with Crippen LogP contribution in [0.15, 0.2) is 30.3 Å². The highest BCUT2D eigenvalue weighted by molar-refractivity contribution is 5.87. The quantitative estimate of drug-likeness (QED) is 0.568. The molecule has 0 aliphatic rings. The van der Waals surface area contributed by atoms with Crippen LogP contribution in [0.3, 0.4) is 0 Å². The first-order valence-corrected chi connectivity index (χ1v) is 5.95. The number of unbranched alkanes of at least 4 members (excludes halogenated alkanes) is 1. The maximum absolute atomic E-state index is 10.2. The van der Waals surface area contributed by atoms with Crippen molar-refractivity contribution < 1.29 is 19.8 Å². The first-order chi connectivity index (χ1) is 8.99. The average molecular weight is 268 g/mol. The number of aromatic carboxylic acids is 1. The van der Waals surface area contributed by atoms with E-state index in [1.165, 1.54) is 0 Å². The molecule has 6 heteroatoms. The van der Waals surface area contributed by atoms with Gasteiger partial charge in [-0.05, 0) is 31.5 Å². The average Bonchev–Trinajstić information content (AvgIpc) is 2.40. The Morgan fingerprint density at radius 2 is 1.68 bits per heavy atom. The fourth-order valence-corrected chi connectivity index (χ4v) is 1.21. The Morgan fingerprint density at radius 3 is 2.05 bits per heavy atom. The molecule has 6 nitrogen and oxygen atoms in total. The van der Waals surface area contributed by atoms with Crippen LogP contribution in [0.2, 0.25) is 0 Å². The van der Waals surface area contributed by atoms with E-state index in [-0.39, 0.29) is 0 Å². The van der Waals surface area contributed by atoms with Gasteiger partial charge in [-0.1, -0.05) is 24.6 Å². The summed E-state index contributed by atoms with van der Waals surface area (Å²) < 4.78 is 0. The molecule has 6 N–H and O–H groups in total. The van der Waals surface area contributed by atoms with Crippen molar-refractivity contribution in [3.63, 3.8) is 0 Å². The molecule has 0 aliphatic carbocycles. The summed E-state index contributed by atoms with van der Waals surface area (Å²) in [4.78, 5) is 20.3. The van der Waals surface area contributed by atoms with E-state index in [0.717, 1.165) is 12.8 Å². The molecule has 0 unspecified atom stereocenters. The minimum atomic E-state index is -0.933. The van der Waals surface area contributed by atoms with Crippen molar-refractivity contribution in [2.24, 2.45) is 11.5 Å². The van der Waals surface area contributed by atoms with Gasteiger partial charge in [-0.25, -0.2) is 4.79 Å². The van der Waals surface area contributed by atoms with Crippen LogP contribution in [-0.2, 0) is 4.79 Å². The molecule has 1 aromatic rings. The van der Waals surface area contributed by atoms with Crippen molar-refractivity contribution in [2.75, 3.05) is 6.54 Å². The Balaban J connectivity index is 0.000000342. The second-order valence-corrected chi connectivity index (χ2v) is 3.90. The van der Waals surface area contributed by atoms with E-state index in [0.29, 0.717) is 18.5 Å². The van der Waals surface area contributed by atoms with Crippen molar-refractivity contribution in [3.05, 3.63) is 35.9 Å². The fourth-order valence-electron chi connectivity index (χ4n) is 1.21. The van der Waals surface area contributed by atoms with Crippen LogP contribution in [0.1, 0.15) is 29.6 Å². The third-order valence-corrected chi connectivity index (χ3v) is 2.31. The smallest absolute Gasteiger partial charge is 0.335 e. The lowest BCUT2D eigenvalue weighted by atomic mass is 10.1. The molecule has 0 radical (unpaired) electrons. The molecule has 0 saturated heterocycles. The number of hydrogen-bond donors (Lipinski definition) is 4. The highest BCUT2D eigenvalue weighted by Gasteiger charge is 2.09. The van der Waals surface area contributed by atoms with Gasteiger partial charge in [0, 0.05) is 0 Å². The topological polar surface area (TPSA) is 127 Å². The molecular formula is C13H20N2O4. The second-order valence-electron chi connectivity index (χ2n) is 3.90. The summed E-state index contributed by atoms with van der Waals surface area (Å²) in [6, 6.07) is 7.58. The molecule has 1 atom stereocenters. The van der Waals surface area contributed by atoms with E-state index in [4.69, 9.17) is 21.7 Å². The summed E-state index contributed by atoms with van der Waals surface area (Å²) in [7, 11) is 0. The fraction of sp³-hybridized carbons (Fsp3) is 0.385. The van der Waals surface area contributed by atoms with Crippen LogP contribution in [0.5, 0.6) is 0 Å². The zero-order chi connectivity index (χ0) is 14.7. The Bertz CT molecular complexity index is 381. The van der Waals surface area contributed by atoms with E-state index in [2.05, 4.69) is 0 Å². The lowest BCUT2D eigenvalue weighted by Gasteiger charge is -2.03. The maximum atomic E-state index is 10.2. The summed E-state index contributed by atoms with van der Waals surface area (Å²) in [5.41, 5.74) is 10.8. The minimum absolute atomic E-state index is 0.331. The van der Waals surface area contributed by atoms with Gasteiger partial charge in [-0.2, -0.15) is 0 Å². The Labute approximate surface area is 112 Å². The van der Waals surface area contributed by atoms with Crippen molar-refractivity contribution in [1.82, 2.24) is 0 Å². The zero-order valence-corrected chi connectivity index (χ0v) is 10.7. The van der Waals surface area contributed by atoms with Gasteiger partial charge in [-0.3, -0.25) is 4.79 Å². The first kappa shape index (κ1) is 17.1. The standard InChI is InChI=1S/C7H6O2.C6H14N2O2/c8-7(9)6-4-2-1-3-5-6;7-4-2-1-3-5(8)6(9)10/h1-5H,(H,8,9);5H,1-4,7-8H2,(H,9,10)/t;5-/m.0/s1. The van der Waals surface area contributed by atoms with Gasteiger partial charge >= 0.3 is 11.9 Å². The number of rotatable bonds is 6. The number of benzene rings is 1. The molecule has 19 heavy (non-hydrogen) atoms. The van der Waals surface area contributed by atoms with Crippen molar-refractivity contribution in [3.8, 4) is 0 Å². The molecule has 0 aromatic heterocycles. The summed E-state index contributed by atoms with van der Waals surface area (Å²) >= 11 is 0. The number of nitrogens with two attached hydrogens (primary N) is 2. The molecule has 0 heterocycles. The lowest BCUT2D eigenvalue weighted by molar-refractivity contribution is -0.138. The van der Waals surface area contributed by atoms with Gasteiger partial charge in [0.05, 0.1) is 5.56 Å². The van der Waals surface area contributed by atoms with Gasteiger partial charge in [0.25, 0.3) is 0 Å². The summed E-state index contributed by atoms with van der Waals surface area (Å²) in [6.07, 6.45) is 2.16. The third kappa shape index (κ3) is 8.76. The highest BCUT2D eigenvalue weighted by Crippen LogP contribution is 1.97. The molecule has 0 aliphatic heterocycles. The molecule has 0 spiro atoms. The minimum Gasteiger partial charge on any atom is -0.480 e. The zero-order valence-electron chi connectivity index (χ0n) is 10.7. The number of aliphatic carboxylic acids is 1. The predicted molar refractivity (Wildman–Crippen MR) is 71.9 cm³/mol. The van der Waals surface area contributed by atoms with Gasteiger partial charge in [-0.15, -0.1) is 0 Å². The first-order valence-electron chi connectivity index (χ1n) is 5.95. The van der Waals surface area contributed by atoms with Gasteiger partial charge in [0.15, 0.2) is 0 Å². The largest absolute Gasteiger partial charge is 0.480 e. The van der Waals surface area contributed by atoms with Crippen LogP contribution < -0.4 is 11.5 Å². The van der Waals surface area contributed by atoms with Gasteiger partial charge < -0.3 is 21.7 Å². The van der Waals surface area contributed by atoms with Crippen molar-refractivity contribution >= 4 is 11.9 Å². The number of carboxylic acids is 2. The molecule has 0 amide bonds. The van der Waals surface area contributed by atoms with E-state index in [9.17, 15) is 9.59 Å². The van der Waals surface area contributed by atoms with E-state index >= 15 is 0 Å². The second kappa shape index (κ2) is 10.0. The predicted octanol–water partition coefficient (Wildman–Crippen LogP) is 0.912. The van der Waals surface area contributed by atoms with Crippen LogP contribution in [0.25, 0.3) is 0 Å². The lowest BCUT2D eigenvalue weighted by Crippen LogP contribution is -2.29. The number of hydrogen-bond acceptors (Lipinski definition) is 4. The van der Waals surface area contributed by atoms with Crippen LogP contribution >= 0.6 is 0 Å². The monoisotopic (exact) mass is 268 g/mol. The summed E-state index contributed by atoms with van der Waals surface area (Å²) in [6.45, 7) is 0.604. The van der Waals surface area contributed by atoms with Crippen LogP contribution in [-0.4, -0.2) is 34.7 Å². The highest BCUT2D eigenvalue weighted by atomic mass is 16.4. The SMILES string of the molecule is NCCCC[C@H](N)C(=O)O.O=C(O)c1ccccc1. The molecule has 0 saturated carbocycles. The van der Waals surface area contributed by atoms with Crippen LogP contribution in [0, 0.1) is 0 Å². The van der Waals surface area contributed by atoms with Gasteiger partial charge in [0.1, 0.15) is 6.04 Å². The Kier molecular flexibility index (Phi) is 9.03. The molecule has 1 aromatic carbocycles. The Morgan fingerprint density at radius 1 is 1.11 bits per heavy atom. The molecule has 106 valence electrons. The molecule has 0 bridgehead atoms. The summed E-state index contributed by atoms with van der Waals surface area (Å²) in [5, 5.41) is 16.7. The third-order valence-electron chi connectivity index (χ3n) is 2.31. The maximum Gasteiger partial charge on any atom is 0.335 e. The van der Waals surface area contributed by atoms with Crippen molar-refractivity contribution in [1.29, 1.82) is 0 Å². The van der Waals surface area contributed by atoms with Gasteiger partial charge in [0.2, 0.25) is 0 Å². The molecular weight excluding hydrogens is 248 g/mol. The molecule has 0 fully saturated rings. The summed E-state index contributed by atoms with van der Waals surface area (Å²) in [5.74, 6) is -1.81. The van der Waals surface area contributed by atoms with E-state index in [1.807, 2.05) is 0 Å². The van der Waals surface area contributed by atoms with Crippen molar-refractivity contribution in [2.45, 2.75) is 25.3 Å². The number of carbonyl (C=O) groups is 2. The van der Waals surface area contributed by atoms with Crippen LogP contribution in [0.4, 0.5) is 0 Å². The Hall–Kier alpha value is -1.92. The molecule has 1 rings (SSSR count). The van der Waals surface area contributed by atoms with E-state index < -0.39 is 18.0 Å².